The molecule has 0 fully saturated rings. The van der Waals surface area contributed by atoms with Crippen LogP contribution in [0.3, 0.4) is 0 Å². The fraction of sp³-hybridized carbons (Fsp3) is 0.571. The first-order chi connectivity index (χ1) is 13.3. The lowest BCUT2D eigenvalue weighted by Gasteiger charge is -2.17. The van der Waals surface area contributed by atoms with Crippen molar-refractivity contribution in [2.75, 3.05) is 19.6 Å². The van der Waals surface area contributed by atoms with Crippen molar-refractivity contribution < 1.29 is 13.2 Å². The van der Waals surface area contributed by atoms with Gasteiger partial charge in [0, 0.05) is 18.8 Å². The molecule has 0 bridgehead atoms. The van der Waals surface area contributed by atoms with E-state index in [0.717, 1.165) is 38.0 Å². The average Bonchev–Trinajstić information content (AvgIpc) is 2.65. The monoisotopic (exact) mass is 409 g/mol. The molecule has 158 valence electrons. The van der Waals surface area contributed by atoms with Gasteiger partial charge in [-0.15, -0.1) is 0 Å². The SMILES string of the molecule is C=C(C)NCCCCCCCCNCC(NS(=O)(=O)c1ccccc1)C(C)=O. The summed E-state index contributed by atoms with van der Waals surface area (Å²) < 4.78 is 27.2. The van der Waals surface area contributed by atoms with Crippen molar-refractivity contribution in [1.82, 2.24) is 15.4 Å². The average molecular weight is 410 g/mol. The van der Waals surface area contributed by atoms with Gasteiger partial charge >= 0.3 is 0 Å². The minimum Gasteiger partial charge on any atom is -0.389 e. The predicted molar refractivity (Wildman–Crippen MR) is 115 cm³/mol. The lowest BCUT2D eigenvalue weighted by Crippen LogP contribution is -2.46. The van der Waals surface area contributed by atoms with Crippen LogP contribution in [0.1, 0.15) is 52.4 Å². The van der Waals surface area contributed by atoms with E-state index in [9.17, 15) is 13.2 Å². The zero-order chi connectivity index (χ0) is 20.8. The maximum absolute atomic E-state index is 12.4. The Morgan fingerprint density at radius 1 is 0.964 bits per heavy atom. The lowest BCUT2D eigenvalue weighted by atomic mass is 10.1. The van der Waals surface area contributed by atoms with Crippen LogP contribution in [0.25, 0.3) is 0 Å². The van der Waals surface area contributed by atoms with Crippen LogP contribution < -0.4 is 15.4 Å². The molecule has 0 heterocycles. The van der Waals surface area contributed by atoms with E-state index in [0.29, 0.717) is 6.54 Å². The van der Waals surface area contributed by atoms with Crippen LogP contribution in [-0.4, -0.2) is 39.9 Å². The molecule has 0 aliphatic carbocycles. The van der Waals surface area contributed by atoms with Gasteiger partial charge in [-0.2, -0.15) is 4.72 Å². The summed E-state index contributed by atoms with van der Waals surface area (Å²) in [6.07, 6.45) is 6.91. The normalized spacial score (nSPS) is 12.5. The number of unbranched alkanes of at least 4 members (excludes halogenated alkanes) is 5. The van der Waals surface area contributed by atoms with E-state index in [-0.39, 0.29) is 10.7 Å². The fourth-order valence-corrected chi connectivity index (χ4v) is 4.03. The van der Waals surface area contributed by atoms with Crippen molar-refractivity contribution in [2.45, 2.75) is 63.3 Å². The second kappa shape index (κ2) is 13.5. The van der Waals surface area contributed by atoms with Crippen molar-refractivity contribution >= 4 is 15.8 Å². The Labute approximate surface area is 170 Å². The number of benzene rings is 1. The van der Waals surface area contributed by atoms with E-state index >= 15 is 0 Å². The molecule has 3 N–H and O–H groups in total. The van der Waals surface area contributed by atoms with Crippen LogP contribution in [0, 0.1) is 0 Å². The zero-order valence-corrected chi connectivity index (χ0v) is 18.0. The first-order valence-electron chi connectivity index (χ1n) is 10.0. The molecule has 0 saturated carbocycles. The standard InChI is InChI=1S/C21H35N3O3S/c1-18(2)23-16-12-7-5-4-6-11-15-22-17-21(19(3)25)24-28(26,27)20-13-9-8-10-14-20/h8-10,13-14,21-24H,1,4-7,11-12,15-17H2,2-3H3. The van der Waals surface area contributed by atoms with Gasteiger partial charge in [0.05, 0.1) is 10.9 Å². The van der Waals surface area contributed by atoms with Crippen LogP contribution in [0.15, 0.2) is 47.5 Å². The lowest BCUT2D eigenvalue weighted by molar-refractivity contribution is -0.118. The first-order valence-corrected chi connectivity index (χ1v) is 11.5. The molecule has 1 unspecified atom stereocenters. The summed E-state index contributed by atoms with van der Waals surface area (Å²) in [5.74, 6) is -0.199. The molecule has 1 rings (SSSR count). The van der Waals surface area contributed by atoms with Gasteiger partial charge in [0.1, 0.15) is 5.78 Å². The molecule has 0 aromatic heterocycles. The molecule has 7 heteroatoms. The number of hydrogen-bond acceptors (Lipinski definition) is 5. The molecule has 1 atom stereocenters. The quantitative estimate of drug-likeness (QED) is 0.365. The molecule has 1 aromatic carbocycles. The number of ketones is 1. The summed E-state index contributed by atoms with van der Waals surface area (Å²) >= 11 is 0. The summed E-state index contributed by atoms with van der Waals surface area (Å²) in [6, 6.07) is 7.34. The molecule has 0 amide bonds. The molecule has 0 radical (unpaired) electrons. The maximum atomic E-state index is 12.4. The number of sulfonamides is 1. The number of hydrogen-bond donors (Lipinski definition) is 3. The molecular weight excluding hydrogens is 374 g/mol. The van der Waals surface area contributed by atoms with Crippen molar-refractivity contribution in [1.29, 1.82) is 0 Å². The highest BCUT2D eigenvalue weighted by molar-refractivity contribution is 7.89. The second-order valence-corrected chi connectivity index (χ2v) is 8.84. The molecule has 0 saturated heterocycles. The van der Waals surface area contributed by atoms with Crippen LogP contribution >= 0.6 is 0 Å². The molecule has 6 nitrogen and oxygen atoms in total. The molecule has 28 heavy (non-hydrogen) atoms. The number of carbonyl (C=O) groups is 1. The summed E-state index contributed by atoms with van der Waals surface area (Å²) in [5, 5.41) is 6.43. The number of Topliss-reactive ketones (excluding diaryl/α,β-unsaturated/α-hetero) is 1. The number of rotatable bonds is 16. The van der Waals surface area contributed by atoms with Crippen LogP contribution in [0.5, 0.6) is 0 Å². The van der Waals surface area contributed by atoms with E-state index in [2.05, 4.69) is 21.9 Å². The van der Waals surface area contributed by atoms with E-state index in [1.54, 1.807) is 18.2 Å². The topological polar surface area (TPSA) is 87.3 Å². The van der Waals surface area contributed by atoms with Crippen molar-refractivity contribution in [3.8, 4) is 0 Å². The highest BCUT2D eigenvalue weighted by atomic mass is 32.2. The Hall–Kier alpha value is -1.70. The van der Waals surface area contributed by atoms with Crippen LogP contribution in [-0.2, 0) is 14.8 Å². The van der Waals surface area contributed by atoms with Gasteiger partial charge < -0.3 is 10.6 Å². The van der Waals surface area contributed by atoms with Crippen molar-refractivity contribution in [2.24, 2.45) is 0 Å². The van der Waals surface area contributed by atoms with Gasteiger partial charge in [-0.05, 0) is 45.4 Å². The summed E-state index contributed by atoms with van der Waals surface area (Å²) in [4.78, 5) is 12.0. The molecule has 1 aromatic rings. The van der Waals surface area contributed by atoms with Gasteiger partial charge in [0.15, 0.2) is 0 Å². The number of nitrogens with one attached hydrogen (secondary N) is 3. The fourth-order valence-electron chi connectivity index (χ4n) is 2.75. The Kier molecular flexibility index (Phi) is 11.7. The molecule has 0 aliphatic rings. The van der Waals surface area contributed by atoms with Gasteiger partial charge in [-0.1, -0.05) is 50.5 Å². The Balaban J connectivity index is 2.19. The molecule has 0 spiro atoms. The second-order valence-electron chi connectivity index (χ2n) is 7.13. The third kappa shape index (κ3) is 10.6. The van der Waals surface area contributed by atoms with Crippen molar-refractivity contribution in [3.05, 3.63) is 42.6 Å². The van der Waals surface area contributed by atoms with Gasteiger partial charge in [-0.25, -0.2) is 8.42 Å². The van der Waals surface area contributed by atoms with E-state index in [1.807, 2.05) is 6.92 Å². The number of carbonyl (C=O) groups excluding carboxylic acids is 1. The van der Waals surface area contributed by atoms with Gasteiger partial charge in [0.2, 0.25) is 10.0 Å². The predicted octanol–water partition coefficient (Wildman–Crippen LogP) is 2.98. The van der Waals surface area contributed by atoms with E-state index < -0.39 is 16.1 Å². The first kappa shape index (κ1) is 24.3. The van der Waals surface area contributed by atoms with Crippen LogP contribution in [0.4, 0.5) is 0 Å². The zero-order valence-electron chi connectivity index (χ0n) is 17.2. The highest BCUT2D eigenvalue weighted by Crippen LogP contribution is 2.08. The summed E-state index contributed by atoms with van der Waals surface area (Å²) in [5.41, 5.74) is 1.01. The summed E-state index contributed by atoms with van der Waals surface area (Å²) in [6.45, 7) is 9.25. The minimum absolute atomic E-state index is 0.166. The van der Waals surface area contributed by atoms with Gasteiger partial charge in [0.25, 0.3) is 0 Å². The van der Waals surface area contributed by atoms with Crippen molar-refractivity contribution in [3.63, 3.8) is 0 Å². The third-order valence-corrected chi connectivity index (χ3v) is 5.88. The smallest absolute Gasteiger partial charge is 0.241 e. The number of allylic oxidation sites excluding steroid dienone is 1. The Morgan fingerprint density at radius 3 is 2.11 bits per heavy atom. The molecule has 0 aliphatic heterocycles. The largest absolute Gasteiger partial charge is 0.389 e. The maximum Gasteiger partial charge on any atom is 0.241 e. The van der Waals surface area contributed by atoms with E-state index in [4.69, 9.17) is 0 Å². The highest BCUT2D eigenvalue weighted by Gasteiger charge is 2.22. The van der Waals surface area contributed by atoms with Gasteiger partial charge in [-0.3, -0.25) is 4.79 Å². The third-order valence-electron chi connectivity index (χ3n) is 4.40. The molecular formula is C21H35N3O3S. The summed E-state index contributed by atoms with van der Waals surface area (Å²) in [7, 11) is -3.69. The van der Waals surface area contributed by atoms with E-state index in [1.165, 1.54) is 38.3 Å². The Morgan fingerprint density at radius 2 is 1.54 bits per heavy atom. The van der Waals surface area contributed by atoms with Crippen LogP contribution in [0.2, 0.25) is 0 Å². The minimum atomic E-state index is -3.69. The Bertz CT molecular complexity index is 690.